The third-order valence-electron chi connectivity index (χ3n) is 4.83. The minimum atomic E-state index is -0.144. The van der Waals surface area contributed by atoms with Crippen LogP contribution in [0.5, 0.6) is 0 Å². The highest BCUT2D eigenvalue weighted by molar-refractivity contribution is 5.81. The first kappa shape index (κ1) is 18.6. The van der Waals surface area contributed by atoms with Gasteiger partial charge in [0.25, 0.3) is 0 Å². The molecular weight excluding hydrogens is 362 g/mol. The van der Waals surface area contributed by atoms with Crippen LogP contribution in [-0.2, 0) is 24.4 Å². The molecule has 0 saturated heterocycles. The fourth-order valence-electron chi connectivity index (χ4n) is 3.35. The van der Waals surface area contributed by atoms with Crippen LogP contribution in [-0.4, -0.2) is 20.6 Å². The van der Waals surface area contributed by atoms with Crippen LogP contribution in [0.3, 0.4) is 0 Å². The summed E-state index contributed by atoms with van der Waals surface area (Å²) in [7, 11) is 0. The molecule has 0 aliphatic carbocycles. The molecule has 0 aliphatic rings. The Hall–Kier alpha value is -3.73. The van der Waals surface area contributed by atoms with Gasteiger partial charge in [0.05, 0.1) is 11.7 Å². The molecule has 1 heterocycles. The van der Waals surface area contributed by atoms with Gasteiger partial charge in [-0.25, -0.2) is 0 Å². The Morgan fingerprint density at radius 3 is 1.97 bits per heavy atom. The molecule has 4 rings (SSSR count). The van der Waals surface area contributed by atoms with Gasteiger partial charge in [-0.2, -0.15) is 5.10 Å². The van der Waals surface area contributed by atoms with Gasteiger partial charge >= 0.3 is 0 Å². The topological polar surface area (TPSA) is 55.2 Å². The van der Waals surface area contributed by atoms with Crippen LogP contribution < -0.4 is 5.43 Å². The van der Waals surface area contributed by atoms with Crippen LogP contribution in [0, 0.1) is 0 Å². The molecule has 0 fully saturated rings. The number of carbonyl (C=O) groups excluding carboxylic acids is 1. The van der Waals surface area contributed by atoms with Crippen molar-refractivity contribution in [2.45, 2.75) is 19.6 Å². The molecule has 0 N–H and O–H groups in total. The fourth-order valence-corrected chi connectivity index (χ4v) is 3.35. The summed E-state index contributed by atoms with van der Waals surface area (Å²) in [6.07, 6.45) is 1.27. The number of fused-ring (bicyclic) bond motifs is 1. The highest BCUT2D eigenvalue weighted by Crippen LogP contribution is 2.13. The lowest BCUT2D eigenvalue weighted by atomic mass is 10.1. The van der Waals surface area contributed by atoms with Crippen molar-refractivity contribution in [3.63, 3.8) is 0 Å². The van der Waals surface area contributed by atoms with Gasteiger partial charge in [0.2, 0.25) is 11.3 Å². The van der Waals surface area contributed by atoms with E-state index >= 15 is 0 Å². The molecule has 144 valence electrons. The largest absolute Gasteiger partial charge is 0.332 e. The summed E-state index contributed by atoms with van der Waals surface area (Å²) < 4.78 is 1.60. The monoisotopic (exact) mass is 383 g/mol. The van der Waals surface area contributed by atoms with Crippen molar-refractivity contribution in [3.05, 3.63) is 112 Å². The van der Waals surface area contributed by atoms with E-state index in [4.69, 9.17) is 0 Å². The molecule has 1 aromatic heterocycles. The third kappa shape index (κ3) is 4.41. The normalized spacial score (nSPS) is 10.8. The lowest BCUT2D eigenvalue weighted by Crippen LogP contribution is -2.34. The number of hydrogen-bond acceptors (Lipinski definition) is 3. The summed E-state index contributed by atoms with van der Waals surface area (Å²) in [6, 6.07) is 27.1. The zero-order chi connectivity index (χ0) is 20.1. The van der Waals surface area contributed by atoms with Crippen molar-refractivity contribution in [3.8, 4) is 0 Å². The van der Waals surface area contributed by atoms with Crippen molar-refractivity contribution in [1.29, 1.82) is 0 Å². The van der Waals surface area contributed by atoms with Gasteiger partial charge in [-0.3, -0.25) is 14.3 Å². The van der Waals surface area contributed by atoms with Crippen LogP contribution in [0.15, 0.2) is 95.9 Å². The second kappa shape index (κ2) is 8.52. The van der Waals surface area contributed by atoms with Crippen molar-refractivity contribution >= 4 is 16.8 Å². The first-order valence-electron chi connectivity index (χ1n) is 9.51. The lowest BCUT2D eigenvalue weighted by molar-refractivity contribution is -0.133. The Bertz CT molecular complexity index is 1130. The van der Waals surface area contributed by atoms with Crippen molar-refractivity contribution < 1.29 is 4.79 Å². The molecule has 0 radical (unpaired) electrons. The molecule has 0 saturated carbocycles. The maximum atomic E-state index is 13.2. The molecule has 5 nitrogen and oxygen atoms in total. The minimum Gasteiger partial charge on any atom is -0.332 e. The van der Waals surface area contributed by atoms with E-state index in [2.05, 4.69) is 5.10 Å². The number of benzene rings is 3. The Morgan fingerprint density at radius 2 is 1.34 bits per heavy atom. The van der Waals surface area contributed by atoms with E-state index in [1.165, 1.54) is 6.20 Å². The number of amides is 1. The summed E-state index contributed by atoms with van der Waals surface area (Å²) in [5.41, 5.74) is 2.64. The van der Waals surface area contributed by atoms with Gasteiger partial charge in [0.1, 0.15) is 6.54 Å². The van der Waals surface area contributed by atoms with Crippen LogP contribution in [0.1, 0.15) is 11.1 Å². The predicted octanol–water partition coefficient (Wildman–Crippen LogP) is 3.63. The first-order valence-corrected chi connectivity index (χ1v) is 9.51. The molecule has 5 heteroatoms. The smallest absolute Gasteiger partial charge is 0.244 e. The van der Waals surface area contributed by atoms with E-state index in [9.17, 15) is 9.59 Å². The minimum absolute atomic E-state index is 0.0565. The Kier molecular flexibility index (Phi) is 5.47. The van der Waals surface area contributed by atoms with E-state index in [1.807, 2.05) is 83.8 Å². The van der Waals surface area contributed by atoms with Gasteiger partial charge in [0, 0.05) is 18.5 Å². The highest BCUT2D eigenvalue weighted by Gasteiger charge is 2.17. The maximum absolute atomic E-state index is 13.2. The summed E-state index contributed by atoms with van der Waals surface area (Å²) in [4.78, 5) is 27.1. The van der Waals surface area contributed by atoms with Gasteiger partial charge in [-0.15, -0.1) is 0 Å². The van der Waals surface area contributed by atoms with Crippen molar-refractivity contribution in [2.24, 2.45) is 0 Å². The number of hydrogen-bond donors (Lipinski definition) is 0. The summed E-state index contributed by atoms with van der Waals surface area (Å²) in [6.45, 7) is 1.08. The Balaban J connectivity index is 1.63. The number of carbonyl (C=O) groups is 1. The quantitative estimate of drug-likeness (QED) is 0.511. The van der Waals surface area contributed by atoms with E-state index in [0.717, 1.165) is 11.1 Å². The molecule has 0 atom stereocenters. The zero-order valence-corrected chi connectivity index (χ0v) is 15.9. The summed E-state index contributed by atoms with van der Waals surface area (Å²) in [5.74, 6) is -0.0565. The first-order chi connectivity index (χ1) is 14.2. The zero-order valence-electron chi connectivity index (χ0n) is 15.9. The summed E-state index contributed by atoms with van der Waals surface area (Å²) in [5, 5.41) is 4.76. The average Bonchev–Trinajstić information content (AvgIpc) is 2.77. The van der Waals surface area contributed by atoms with Crippen LogP contribution in [0.25, 0.3) is 10.9 Å². The molecule has 1 amide bonds. The predicted molar refractivity (Wildman–Crippen MR) is 113 cm³/mol. The standard InChI is InChI=1S/C24H21N3O2/c28-23-15-25-27(22-14-8-7-13-21(22)23)18-24(29)26(16-19-9-3-1-4-10-19)17-20-11-5-2-6-12-20/h1-15H,16-18H2. The second-order valence-corrected chi connectivity index (χ2v) is 6.90. The average molecular weight is 383 g/mol. The van der Waals surface area contributed by atoms with E-state index in [-0.39, 0.29) is 17.9 Å². The number of nitrogens with zero attached hydrogens (tertiary/aromatic N) is 3. The van der Waals surface area contributed by atoms with Crippen LogP contribution >= 0.6 is 0 Å². The molecule has 4 aromatic rings. The van der Waals surface area contributed by atoms with Gasteiger partial charge in [-0.1, -0.05) is 72.8 Å². The molecule has 0 unspecified atom stereocenters. The highest BCUT2D eigenvalue weighted by atomic mass is 16.2. The summed E-state index contributed by atoms with van der Waals surface area (Å²) >= 11 is 0. The molecule has 29 heavy (non-hydrogen) atoms. The van der Waals surface area contributed by atoms with Crippen molar-refractivity contribution in [1.82, 2.24) is 14.7 Å². The van der Waals surface area contributed by atoms with Gasteiger partial charge < -0.3 is 4.90 Å². The van der Waals surface area contributed by atoms with E-state index < -0.39 is 0 Å². The third-order valence-corrected chi connectivity index (χ3v) is 4.83. The van der Waals surface area contributed by atoms with Crippen LogP contribution in [0.4, 0.5) is 0 Å². The van der Waals surface area contributed by atoms with Gasteiger partial charge in [0.15, 0.2) is 0 Å². The number of aromatic nitrogens is 2. The SMILES string of the molecule is O=C(Cn1ncc(=O)c2ccccc21)N(Cc1ccccc1)Cc1ccccc1. The lowest BCUT2D eigenvalue weighted by Gasteiger charge is -2.24. The molecular formula is C24H21N3O2. The van der Waals surface area contributed by atoms with E-state index in [1.54, 1.807) is 10.7 Å². The van der Waals surface area contributed by atoms with Crippen LogP contribution in [0.2, 0.25) is 0 Å². The number of para-hydroxylation sites is 1. The fraction of sp³-hybridized carbons (Fsp3) is 0.125. The van der Waals surface area contributed by atoms with Crippen molar-refractivity contribution in [2.75, 3.05) is 0 Å². The maximum Gasteiger partial charge on any atom is 0.244 e. The molecule has 0 bridgehead atoms. The molecule has 0 spiro atoms. The van der Waals surface area contributed by atoms with Gasteiger partial charge in [-0.05, 0) is 23.3 Å². The second-order valence-electron chi connectivity index (χ2n) is 6.90. The molecule has 3 aromatic carbocycles. The Labute approximate surface area is 168 Å². The number of rotatable bonds is 6. The Morgan fingerprint density at radius 1 is 0.793 bits per heavy atom. The molecule has 0 aliphatic heterocycles. The van der Waals surface area contributed by atoms with E-state index in [0.29, 0.717) is 24.0 Å².